The first-order valence-electron chi connectivity index (χ1n) is 5.42. The van der Waals surface area contributed by atoms with Gasteiger partial charge in [-0.3, -0.25) is 4.79 Å². The number of likely N-dealkylation sites (tertiary alicyclic amines) is 1. The third kappa shape index (κ3) is 4.15. The molecule has 0 bridgehead atoms. The molecule has 0 aromatic rings. The van der Waals surface area contributed by atoms with Crippen LogP contribution in [0.25, 0.3) is 0 Å². The summed E-state index contributed by atoms with van der Waals surface area (Å²) < 4.78 is 5.42. The van der Waals surface area contributed by atoms with E-state index < -0.39 is 0 Å². The molecule has 0 aliphatic carbocycles. The molecule has 1 rings (SSSR count). The van der Waals surface area contributed by atoms with E-state index >= 15 is 0 Å². The van der Waals surface area contributed by atoms with Crippen LogP contribution in [-0.4, -0.2) is 61.9 Å². The lowest BCUT2D eigenvalue weighted by Crippen LogP contribution is -2.44. The smallest absolute Gasteiger partial charge is 0.236 e. The van der Waals surface area contributed by atoms with Crippen LogP contribution in [0.3, 0.4) is 0 Å². The van der Waals surface area contributed by atoms with Crippen LogP contribution in [0.5, 0.6) is 0 Å². The first-order chi connectivity index (χ1) is 7.27. The number of aliphatic hydroxyl groups is 1. The molecule has 5 nitrogen and oxygen atoms in total. The van der Waals surface area contributed by atoms with Gasteiger partial charge in [0.25, 0.3) is 0 Å². The van der Waals surface area contributed by atoms with Gasteiger partial charge in [0.2, 0.25) is 5.91 Å². The predicted molar refractivity (Wildman–Crippen MR) is 56.6 cm³/mol. The molecule has 0 radical (unpaired) electrons. The van der Waals surface area contributed by atoms with Crippen molar-refractivity contribution >= 4 is 5.91 Å². The summed E-state index contributed by atoms with van der Waals surface area (Å²) in [6.45, 7) is 2.39. The van der Waals surface area contributed by atoms with E-state index in [9.17, 15) is 4.79 Å². The highest BCUT2D eigenvalue weighted by molar-refractivity contribution is 5.78. The zero-order valence-corrected chi connectivity index (χ0v) is 9.24. The summed E-state index contributed by atoms with van der Waals surface area (Å²) >= 11 is 0. The zero-order chi connectivity index (χ0) is 11.1. The second-order valence-electron chi connectivity index (χ2n) is 3.70. The number of amides is 1. The average molecular weight is 216 g/mol. The molecule has 0 aromatic carbocycles. The molecule has 0 spiro atoms. The molecule has 0 unspecified atom stereocenters. The molecule has 0 saturated carbocycles. The Hall–Kier alpha value is -0.650. The maximum atomic E-state index is 11.5. The third-order valence-corrected chi connectivity index (χ3v) is 2.57. The fraction of sp³-hybridized carbons (Fsp3) is 0.900. The van der Waals surface area contributed by atoms with Gasteiger partial charge >= 0.3 is 0 Å². The maximum absolute atomic E-state index is 11.5. The van der Waals surface area contributed by atoms with E-state index in [0.717, 1.165) is 25.9 Å². The second kappa shape index (κ2) is 6.76. The van der Waals surface area contributed by atoms with Crippen LogP contribution in [0.4, 0.5) is 0 Å². The van der Waals surface area contributed by atoms with Gasteiger partial charge in [0, 0.05) is 13.1 Å². The van der Waals surface area contributed by atoms with Gasteiger partial charge in [-0.05, 0) is 19.9 Å². The molecular weight excluding hydrogens is 196 g/mol. The van der Waals surface area contributed by atoms with Crippen LogP contribution in [0.15, 0.2) is 0 Å². The number of ether oxygens (including phenoxy) is 1. The summed E-state index contributed by atoms with van der Waals surface area (Å²) in [6.07, 6.45) is 1.95. The van der Waals surface area contributed by atoms with Crippen LogP contribution in [-0.2, 0) is 9.53 Å². The lowest BCUT2D eigenvalue weighted by Gasteiger charge is -2.31. The molecule has 2 N–H and O–H groups in total. The van der Waals surface area contributed by atoms with Crippen LogP contribution in [0.1, 0.15) is 12.8 Å². The predicted octanol–water partition coefficient (Wildman–Crippen LogP) is -0.794. The van der Waals surface area contributed by atoms with Gasteiger partial charge < -0.3 is 20.1 Å². The molecule has 1 aliphatic heterocycles. The van der Waals surface area contributed by atoms with E-state index in [1.807, 2.05) is 4.90 Å². The van der Waals surface area contributed by atoms with Gasteiger partial charge in [-0.1, -0.05) is 0 Å². The van der Waals surface area contributed by atoms with Gasteiger partial charge in [0.1, 0.15) is 0 Å². The number of hydrogen-bond donors (Lipinski definition) is 2. The summed E-state index contributed by atoms with van der Waals surface area (Å²) in [7, 11) is 1.77. The number of piperidine rings is 1. The molecule has 1 heterocycles. The van der Waals surface area contributed by atoms with Crippen molar-refractivity contribution in [3.63, 3.8) is 0 Å². The Morgan fingerprint density at radius 2 is 2.20 bits per heavy atom. The van der Waals surface area contributed by atoms with Crippen LogP contribution < -0.4 is 5.32 Å². The number of nitrogens with zero attached hydrogens (tertiary/aromatic N) is 1. The number of rotatable bonds is 5. The molecular formula is C10H20N2O3. The standard InChI is InChI=1S/C10H20N2O3/c1-11-8-10(14)12-4-2-9(3-5-12)15-7-6-13/h9,11,13H,2-8H2,1H3. The molecule has 5 heteroatoms. The van der Waals surface area contributed by atoms with Crippen molar-refractivity contribution in [1.29, 1.82) is 0 Å². The van der Waals surface area contributed by atoms with E-state index in [1.165, 1.54) is 0 Å². The Bertz CT molecular complexity index is 191. The van der Waals surface area contributed by atoms with E-state index in [-0.39, 0.29) is 18.6 Å². The minimum Gasteiger partial charge on any atom is -0.394 e. The SMILES string of the molecule is CNCC(=O)N1CCC(OCCO)CC1. The number of nitrogens with one attached hydrogen (secondary N) is 1. The maximum Gasteiger partial charge on any atom is 0.236 e. The van der Waals surface area contributed by atoms with Crippen LogP contribution >= 0.6 is 0 Å². The molecule has 15 heavy (non-hydrogen) atoms. The highest BCUT2D eigenvalue weighted by Gasteiger charge is 2.22. The minimum absolute atomic E-state index is 0.0684. The number of likely N-dealkylation sites (N-methyl/N-ethyl adjacent to an activating group) is 1. The Kier molecular flexibility index (Phi) is 5.60. The van der Waals surface area contributed by atoms with Crippen molar-refractivity contribution in [1.82, 2.24) is 10.2 Å². The van der Waals surface area contributed by atoms with Gasteiger partial charge in [0.15, 0.2) is 0 Å². The fourth-order valence-electron chi connectivity index (χ4n) is 1.75. The molecule has 1 fully saturated rings. The Morgan fingerprint density at radius 3 is 2.73 bits per heavy atom. The van der Waals surface area contributed by atoms with Gasteiger partial charge in [-0.2, -0.15) is 0 Å². The summed E-state index contributed by atoms with van der Waals surface area (Å²) in [4.78, 5) is 13.4. The Morgan fingerprint density at radius 1 is 1.53 bits per heavy atom. The van der Waals surface area contributed by atoms with Crippen LogP contribution in [0.2, 0.25) is 0 Å². The minimum atomic E-state index is 0.0684. The highest BCUT2D eigenvalue weighted by atomic mass is 16.5. The van der Waals surface area contributed by atoms with E-state index in [4.69, 9.17) is 9.84 Å². The molecule has 88 valence electrons. The molecule has 1 aliphatic rings. The van der Waals surface area contributed by atoms with Crippen molar-refractivity contribution in [3.05, 3.63) is 0 Å². The first-order valence-corrected chi connectivity index (χ1v) is 5.42. The lowest BCUT2D eigenvalue weighted by atomic mass is 10.1. The zero-order valence-electron chi connectivity index (χ0n) is 9.24. The van der Waals surface area contributed by atoms with E-state index in [0.29, 0.717) is 13.2 Å². The largest absolute Gasteiger partial charge is 0.394 e. The monoisotopic (exact) mass is 216 g/mol. The van der Waals surface area contributed by atoms with Crippen molar-refractivity contribution < 1.29 is 14.6 Å². The Balaban J connectivity index is 2.20. The first kappa shape index (κ1) is 12.4. The molecule has 0 atom stereocenters. The normalized spacial score (nSPS) is 18.1. The van der Waals surface area contributed by atoms with E-state index in [1.54, 1.807) is 7.05 Å². The number of aliphatic hydroxyl groups excluding tert-OH is 1. The topological polar surface area (TPSA) is 61.8 Å². The van der Waals surface area contributed by atoms with E-state index in [2.05, 4.69) is 5.32 Å². The Labute approximate surface area is 90.4 Å². The summed E-state index contributed by atoms with van der Waals surface area (Å²) in [5.74, 6) is 0.151. The number of carbonyl (C=O) groups is 1. The quantitative estimate of drug-likeness (QED) is 0.632. The lowest BCUT2D eigenvalue weighted by molar-refractivity contribution is -0.132. The average Bonchev–Trinajstić information content (AvgIpc) is 2.27. The van der Waals surface area contributed by atoms with Gasteiger partial charge in [-0.15, -0.1) is 0 Å². The molecule has 1 amide bonds. The second-order valence-corrected chi connectivity index (χ2v) is 3.70. The summed E-state index contributed by atoms with van der Waals surface area (Å²) in [5.41, 5.74) is 0. The van der Waals surface area contributed by atoms with Crippen molar-refractivity contribution in [2.45, 2.75) is 18.9 Å². The fourth-order valence-corrected chi connectivity index (χ4v) is 1.75. The third-order valence-electron chi connectivity index (χ3n) is 2.57. The summed E-state index contributed by atoms with van der Waals surface area (Å²) in [6, 6.07) is 0. The summed E-state index contributed by atoms with van der Waals surface area (Å²) in [5, 5.41) is 11.5. The van der Waals surface area contributed by atoms with Crippen molar-refractivity contribution in [2.24, 2.45) is 0 Å². The van der Waals surface area contributed by atoms with Crippen LogP contribution in [0, 0.1) is 0 Å². The number of hydrogen-bond acceptors (Lipinski definition) is 4. The van der Waals surface area contributed by atoms with Crippen molar-refractivity contribution in [3.8, 4) is 0 Å². The molecule has 1 saturated heterocycles. The molecule has 0 aromatic heterocycles. The number of carbonyl (C=O) groups excluding carboxylic acids is 1. The van der Waals surface area contributed by atoms with Gasteiger partial charge in [0.05, 0.1) is 25.9 Å². The van der Waals surface area contributed by atoms with Crippen molar-refractivity contribution in [2.75, 3.05) is 39.9 Å². The van der Waals surface area contributed by atoms with Gasteiger partial charge in [-0.25, -0.2) is 0 Å². The highest BCUT2D eigenvalue weighted by Crippen LogP contribution is 2.13.